The number of halogens is 2. The first kappa shape index (κ1) is 14.4. The molecule has 5 nitrogen and oxygen atoms in total. The molecule has 4 N–H and O–H groups in total. The van der Waals surface area contributed by atoms with E-state index in [1.807, 2.05) is 0 Å². The number of rotatable bonds is 4. The predicted octanol–water partition coefficient (Wildman–Crippen LogP) is 3.72. The maximum absolute atomic E-state index is 7.42. The van der Waals surface area contributed by atoms with Crippen molar-refractivity contribution in [2.75, 3.05) is 18.2 Å². The van der Waals surface area contributed by atoms with Gasteiger partial charge < -0.3 is 21.2 Å². The van der Waals surface area contributed by atoms with Crippen LogP contribution in [0.1, 0.15) is 5.56 Å². The molecule has 0 amide bonds. The molecule has 0 aliphatic carbocycles. The summed E-state index contributed by atoms with van der Waals surface area (Å²) >= 11 is 11.9. The summed E-state index contributed by atoms with van der Waals surface area (Å²) in [5.74, 6) is 0.785. The number of hydrogen-bond acceptors (Lipinski definition) is 5. The van der Waals surface area contributed by atoms with E-state index in [1.165, 1.54) is 0 Å². The smallest absolute Gasteiger partial charge is 0.142 e. The van der Waals surface area contributed by atoms with Crippen molar-refractivity contribution in [3.63, 3.8) is 0 Å². The van der Waals surface area contributed by atoms with Crippen LogP contribution in [0.5, 0.6) is 5.75 Å². The van der Waals surface area contributed by atoms with Gasteiger partial charge >= 0.3 is 0 Å². The van der Waals surface area contributed by atoms with Crippen LogP contribution in [0.2, 0.25) is 10.2 Å². The molecular weight excluding hydrogens is 299 g/mol. The minimum atomic E-state index is 0.177. The van der Waals surface area contributed by atoms with Crippen LogP contribution in [0.25, 0.3) is 0 Å². The maximum atomic E-state index is 7.42. The quantitative estimate of drug-likeness (QED) is 0.593. The first-order chi connectivity index (χ1) is 9.55. The molecule has 7 heteroatoms. The van der Waals surface area contributed by atoms with Crippen LogP contribution in [0, 0.1) is 5.41 Å². The van der Waals surface area contributed by atoms with Gasteiger partial charge in [-0.05, 0) is 24.3 Å². The summed E-state index contributed by atoms with van der Waals surface area (Å²) in [5.41, 5.74) is 7.38. The topological polar surface area (TPSA) is 84.0 Å². The Bertz CT molecular complexity index is 661. The summed E-state index contributed by atoms with van der Waals surface area (Å²) in [6.45, 7) is 0. The Labute approximate surface area is 126 Å². The van der Waals surface area contributed by atoms with Crippen molar-refractivity contribution in [1.29, 1.82) is 5.41 Å². The number of aromatic nitrogens is 1. The van der Waals surface area contributed by atoms with Crippen LogP contribution in [-0.2, 0) is 0 Å². The molecule has 0 radical (unpaired) electrons. The van der Waals surface area contributed by atoms with Crippen molar-refractivity contribution in [3.05, 3.63) is 40.0 Å². The van der Waals surface area contributed by atoms with E-state index < -0.39 is 0 Å². The van der Waals surface area contributed by atoms with E-state index in [0.717, 1.165) is 6.21 Å². The van der Waals surface area contributed by atoms with Gasteiger partial charge in [-0.25, -0.2) is 4.98 Å². The van der Waals surface area contributed by atoms with Crippen LogP contribution in [0.3, 0.4) is 0 Å². The van der Waals surface area contributed by atoms with Gasteiger partial charge in [0.1, 0.15) is 16.7 Å². The van der Waals surface area contributed by atoms with E-state index in [4.69, 9.17) is 39.1 Å². The van der Waals surface area contributed by atoms with E-state index in [0.29, 0.717) is 27.7 Å². The molecule has 0 spiro atoms. The molecule has 0 aliphatic rings. The monoisotopic (exact) mass is 310 g/mol. The lowest BCUT2D eigenvalue weighted by atomic mass is 10.2. The number of anilines is 3. The van der Waals surface area contributed by atoms with Crippen molar-refractivity contribution >= 4 is 46.6 Å². The lowest BCUT2D eigenvalue weighted by molar-refractivity contribution is 0.417. The highest BCUT2D eigenvalue weighted by Crippen LogP contribution is 2.33. The van der Waals surface area contributed by atoms with Crippen molar-refractivity contribution in [2.24, 2.45) is 0 Å². The molecule has 0 aliphatic heterocycles. The number of nitrogens with two attached hydrogens (primary N) is 1. The number of nitrogens with one attached hydrogen (secondary N) is 2. The molecule has 0 atom stereocenters. The van der Waals surface area contributed by atoms with Gasteiger partial charge in [-0.15, -0.1) is 0 Å². The molecule has 0 saturated heterocycles. The van der Waals surface area contributed by atoms with Gasteiger partial charge in [0.2, 0.25) is 0 Å². The van der Waals surface area contributed by atoms with E-state index >= 15 is 0 Å². The van der Waals surface area contributed by atoms with Gasteiger partial charge in [0.25, 0.3) is 0 Å². The molecule has 0 fully saturated rings. The Kier molecular flexibility index (Phi) is 4.32. The Hall–Kier alpha value is -1.98. The maximum Gasteiger partial charge on any atom is 0.142 e. The molecule has 1 aromatic carbocycles. The fraction of sp³-hybridized carbons (Fsp3) is 0.0769. The summed E-state index contributed by atoms with van der Waals surface area (Å²) in [5, 5.41) is 11.3. The van der Waals surface area contributed by atoms with E-state index in [-0.39, 0.29) is 11.0 Å². The normalized spacial score (nSPS) is 10.2. The van der Waals surface area contributed by atoms with Crippen LogP contribution < -0.4 is 15.8 Å². The third kappa shape index (κ3) is 2.95. The third-order valence-corrected chi connectivity index (χ3v) is 3.06. The summed E-state index contributed by atoms with van der Waals surface area (Å²) in [4.78, 5) is 3.90. The van der Waals surface area contributed by atoms with E-state index in [1.54, 1.807) is 31.4 Å². The van der Waals surface area contributed by atoms with Crippen LogP contribution in [0.4, 0.5) is 17.2 Å². The molecule has 0 unspecified atom stereocenters. The van der Waals surface area contributed by atoms with Gasteiger partial charge in [-0.3, -0.25) is 0 Å². The van der Waals surface area contributed by atoms with Crippen molar-refractivity contribution < 1.29 is 4.74 Å². The average molecular weight is 311 g/mol. The summed E-state index contributed by atoms with van der Waals surface area (Å²) < 4.78 is 5.25. The fourth-order valence-corrected chi connectivity index (χ4v) is 2.09. The molecule has 20 heavy (non-hydrogen) atoms. The second-order valence-corrected chi connectivity index (χ2v) is 4.73. The SMILES string of the molecule is COc1ccc(Cl)cc1Nc1cc(Cl)nc(N)c1C=N. The van der Waals surface area contributed by atoms with E-state index in [9.17, 15) is 0 Å². The zero-order valence-corrected chi connectivity index (χ0v) is 12.1. The van der Waals surface area contributed by atoms with Crippen molar-refractivity contribution in [1.82, 2.24) is 4.98 Å². The van der Waals surface area contributed by atoms with E-state index in [2.05, 4.69) is 10.3 Å². The zero-order valence-electron chi connectivity index (χ0n) is 10.6. The number of methoxy groups -OCH3 is 1. The molecule has 1 heterocycles. The first-order valence-corrected chi connectivity index (χ1v) is 6.37. The highest BCUT2D eigenvalue weighted by Gasteiger charge is 2.11. The fourth-order valence-electron chi connectivity index (χ4n) is 1.72. The van der Waals surface area contributed by atoms with Crippen LogP contribution >= 0.6 is 23.2 Å². The number of hydrogen-bond donors (Lipinski definition) is 3. The van der Waals surface area contributed by atoms with Crippen LogP contribution in [0.15, 0.2) is 24.3 Å². The van der Waals surface area contributed by atoms with Gasteiger partial charge in [0.05, 0.1) is 24.0 Å². The highest BCUT2D eigenvalue weighted by atomic mass is 35.5. The standard InChI is InChI=1S/C13H12Cl2N4O/c1-20-11-3-2-7(14)4-10(11)18-9-5-12(15)19-13(17)8(9)6-16/h2-6,16H,1H3,(H3,17,18,19). The zero-order chi connectivity index (χ0) is 14.7. The predicted molar refractivity (Wildman–Crippen MR) is 82.8 cm³/mol. The second-order valence-electron chi connectivity index (χ2n) is 3.91. The number of benzene rings is 1. The Morgan fingerprint density at radius 3 is 2.70 bits per heavy atom. The number of nitrogens with zero attached hydrogens (tertiary/aromatic N) is 1. The Morgan fingerprint density at radius 2 is 2.05 bits per heavy atom. The summed E-state index contributed by atoms with van der Waals surface area (Å²) in [6.07, 6.45) is 1.11. The Morgan fingerprint density at radius 1 is 1.30 bits per heavy atom. The van der Waals surface area contributed by atoms with Gasteiger partial charge in [0.15, 0.2) is 0 Å². The van der Waals surface area contributed by atoms with Gasteiger partial charge in [0, 0.05) is 11.2 Å². The number of nitrogen functional groups attached to an aromatic ring is 1. The van der Waals surface area contributed by atoms with Crippen molar-refractivity contribution in [3.8, 4) is 5.75 Å². The average Bonchev–Trinajstić information content (AvgIpc) is 2.38. The number of ether oxygens (including phenoxy) is 1. The largest absolute Gasteiger partial charge is 0.495 e. The first-order valence-electron chi connectivity index (χ1n) is 5.62. The lowest BCUT2D eigenvalue weighted by Crippen LogP contribution is -2.03. The lowest BCUT2D eigenvalue weighted by Gasteiger charge is -2.14. The molecular formula is C13H12Cl2N4O. The van der Waals surface area contributed by atoms with Crippen LogP contribution in [-0.4, -0.2) is 18.3 Å². The minimum absolute atomic E-state index is 0.177. The Balaban J connectivity index is 2.49. The minimum Gasteiger partial charge on any atom is -0.495 e. The molecule has 0 saturated carbocycles. The van der Waals surface area contributed by atoms with Gasteiger partial charge in [-0.2, -0.15) is 0 Å². The second kappa shape index (κ2) is 5.98. The van der Waals surface area contributed by atoms with Gasteiger partial charge in [-0.1, -0.05) is 23.2 Å². The third-order valence-electron chi connectivity index (χ3n) is 2.63. The molecule has 1 aromatic heterocycles. The molecule has 2 aromatic rings. The molecule has 104 valence electrons. The van der Waals surface area contributed by atoms with Crippen molar-refractivity contribution in [2.45, 2.75) is 0 Å². The molecule has 0 bridgehead atoms. The summed E-state index contributed by atoms with van der Waals surface area (Å²) in [6, 6.07) is 6.75. The molecule has 2 rings (SSSR count). The highest BCUT2D eigenvalue weighted by molar-refractivity contribution is 6.31. The number of pyridine rings is 1. The summed E-state index contributed by atoms with van der Waals surface area (Å²) in [7, 11) is 1.56.